The van der Waals surface area contributed by atoms with E-state index in [-0.39, 0.29) is 6.04 Å². The Hall–Kier alpha value is -1.75. The maximum atomic E-state index is 4.43. The zero-order valence-corrected chi connectivity index (χ0v) is 12.0. The van der Waals surface area contributed by atoms with E-state index < -0.39 is 0 Å². The van der Waals surface area contributed by atoms with E-state index in [0.29, 0.717) is 0 Å². The van der Waals surface area contributed by atoms with Crippen molar-refractivity contribution in [1.29, 1.82) is 0 Å². The molecule has 5 nitrogen and oxygen atoms in total. The second kappa shape index (κ2) is 5.93. The number of aryl methyl sites for hydroxylation is 3. The summed E-state index contributed by atoms with van der Waals surface area (Å²) in [6.45, 7) is 7.16. The molecule has 0 radical (unpaired) electrons. The molecule has 2 aromatic heterocycles. The zero-order valence-electron chi connectivity index (χ0n) is 12.0. The Kier molecular flexibility index (Phi) is 4.27. The van der Waals surface area contributed by atoms with Crippen LogP contribution in [0, 0.1) is 13.8 Å². The maximum Gasteiger partial charge on any atom is 0.0798 e. The van der Waals surface area contributed by atoms with Gasteiger partial charge in [-0.25, -0.2) is 0 Å². The van der Waals surface area contributed by atoms with Crippen LogP contribution in [0.4, 0.5) is 0 Å². The van der Waals surface area contributed by atoms with Crippen molar-refractivity contribution in [2.45, 2.75) is 33.2 Å². The minimum absolute atomic E-state index is 0.111. The molecule has 0 spiro atoms. The molecule has 2 rings (SSSR count). The highest BCUT2D eigenvalue weighted by Gasteiger charge is 2.18. The number of nitrogens with one attached hydrogen (secondary N) is 1. The first kappa shape index (κ1) is 13.7. The van der Waals surface area contributed by atoms with E-state index in [9.17, 15) is 0 Å². The van der Waals surface area contributed by atoms with Crippen LogP contribution in [0.2, 0.25) is 0 Å². The van der Waals surface area contributed by atoms with Crippen LogP contribution in [-0.2, 0) is 7.05 Å². The van der Waals surface area contributed by atoms with Gasteiger partial charge in [-0.1, -0.05) is 12.1 Å². The van der Waals surface area contributed by atoms with Crippen LogP contribution in [0.25, 0.3) is 0 Å². The van der Waals surface area contributed by atoms with Crippen LogP contribution in [0.1, 0.15) is 42.0 Å². The average Bonchev–Trinajstić information content (AvgIpc) is 2.75. The first-order chi connectivity index (χ1) is 9.11. The first-order valence-electron chi connectivity index (χ1n) is 6.65. The van der Waals surface area contributed by atoms with E-state index in [1.165, 1.54) is 5.56 Å². The minimum Gasteiger partial charge on any atom is -0.305 e. The predicted molar refractivity (Wildman–Crippen MR) is 74.9 cm³/mol. The molecule has 102 valence electrons. The third-order valence-corrected chi connectivity index (χ3v) is 3.08. The lowest BCUT2D eigenvalue weighted by atomic mass is 10.0. The van der Waals surface area contributed by atoms with E-state index in [1.807, 2.05) is 31.8 Å². The Morgan fingerprint density at radius 2 is 1.95 bits per heavy atom. The fourth-order valence-electron chi connectivity index (χ4n) is 2.27. The van der Waals surface area contributed by atoms with Gasteiger partial charge < -0.3 is 5.32 Å². The van der Waals surface area contributed by atoms with Gasteiger partial charge in [0.2, 0.25) is 0 Å². The van der Waals surface area contributed by atoms with Crippen molar-refractivity contribution >= 4 is 0 Å². The third kappa shape index (κ3) is 3.17. The molecule has 0 bridgehead atoms. The molecule has 0 fully saturated rings. The average molecular weight is 259 g/mol. The van der Waals surface area contributed by atoms with Crippen molar-refractivity contribution in [2.75, 3.05) is 6.54 Å². The van der Waals surface area contributed by atoms with Crippen molar-refractivity contribution in [3.05, 3.63) is 41.0 Å². The van der Waals surface area contributed by atoms with Crippen LogP contribution in [0.5, 0.6) is 0 Å². The Morgan fingerprint density at radius 1 is 1.26 bits per heavy atom. The van der Waals surface area contributed by atoms with Gasteiger partial charge >= 0.3 is 0 Å². The molecule has 1 unspecified atom stereocenters. The standard InChI is InChI=1S/C14H21N5/c1-5-6-15-14(13-9-16-18-19(13)4)12-7-10(2)17-11(3)8-12/h7-9,14-15H,5-6H2,1-4H3. The number of nitrogens with zero attached hydrogens (tertiary/aromatic N) is 4. The molecule has 19 heavy (non-hydrogen) atoms. The Balaban J connectivity index is 2.39. The monoisotopic (exact) mass is 259 g/mol. The molecule has 1 N–H and O–H groups in total. The van der Waals surface area contributed by atoms with Crippen molar-refractivity contribution in [3.8, 4) is 0 Å². The smallest absolute Gasteiger partial charge is 0.0798 e. The fourth-order valence-corrected chi connectivity index (χ4v) is 2.27. The molecule has 2 heterocycles. The van der Waals surface area contributed by atoms with E-state index in [1.54, 1.807) is 0 Å². The van der Waals surface area contributed by atoms with Crippen molar-refractivity contribution < 1.29 is 0 Å². The van der Waals surface area contributed by atoms with Crippen molar-refractivity contribution in [2.24, 2.45) is 7.05 Å². The van der Waals surface area contributed by atoms with Gasteiger partial charge in [0.1, 0.15) is 0 Å². The molecule has 5 heteroatoms. The summed E-state index contributed by atoms with van der Waals surface area (Å²) < 4.78 is 1.82. The minimum atomic E-state index is 0.111. The van der Waals surface area contributed by atoms with Gasteiger partial charge in [0.05, 0.1) is 17.9 Å². The molecule has 0 aliphatic carbocycles. The van der Waals surface area contributed by atoms with Crippen LogP contribution in [0.3, 0.4) is 0 Å². The largest absolute Gasteiger partial charge is 0.305 e. The zero-order chi connectivity index (χ0) is 13.8. The highest BCUT2D eigenvalue weighted by atomic mass is 15.4. The van der Waals surface area contributed by atoms with Crippen molar-refractivity contribution in [1.82, 2.24) is 25.3 Å². The Bertz CT molecular complexity index is 526. The van der Waals surface area contributed by atoms with Gasteiger partial charge in [-0.15, -0.1) is 5.10 Å². The van der Waals surface area contributed by atoms with E-state index in [4.69, 9.17) is 0 Å². The number of pyridine rings is 1. The molecule has 0 saturated heterocycles. The lowest BCUT2D eigenvalue weighted by molar-refractivity contribution is 0.549. The van der Waals surface area contributed by atoms with Gasteiger partial charge in [0.15, 0.2) is 0 Å². The van der Waals surface area contributed by atoms with Gasteiger partial charge in [-0.2, -0.15) is 0 Å². The second-order valence-corrected chi connectivity index (χ2v) is 4.85. The molecular weight excluding hydrogens is 238 g/mol. The summed E-state index contributed by atoms with van der Waals surface area (Å²) in [5.74, 6) is 0. The van der Waals surface area contributed by atoms with Crippen LogP contribution in [-0.4, -0.2) is 26.5 Å². The number of rotatable bonds is 5. The molecule has 2 aromatic rings. The summed E-state index contributed by atoms with van der Waals surface area (Å²) in [5.41, 5.74) is 4.35. The highest BCUT2D eigenvalue weighted by Crippen LogP contribution is 2.22. The van der Waals surface area contributed by atoms with Gasteiger partial charge in [0.25, 0.3) is 0 Å². The summed E-state index contributed by atoms with van der Waals surface area (Å²) >= 11 is 0. The lowest BCUT2D eigenvalue weighted by Gasteiger charge is -2.19. The van der Waals surface area contributed by atoms with Gasteiger partial charge in [-0.3, -0.25) is 9.67 Å². The molecule has 0 saturated carbocycles. The third-order valence-electron chi connectivity index (χ3n) is 3.08. The van der Waals surface area contributed by atoms with E-state index >= 15 is 0 Å². The SMILES string of the molecule is CCCNC(c1cc(C)nc(C)c1)c1cnnn1C. The summed E-state index contributed by atoms with van der Waals surface area (Å²) in [7, 11) is 1.92. The molecular formula is C14H21N5. The van der Waals surface area contributed by atoms with E-state index in [0.717, 1.165) is 30.0 Å². The first-order valence-corrected chi connectivity index (χ1v) is 6.65. The molecule has 0 amide bonds. The summed E-state index contributed by atoms with van der Waals surface area (Å²) in [6, 6.07) is 4.35. The predicted octanol–water partition coefficient (Wildman–Crippen LogP) is 1.92. The summed E-state index contributed by atoms with van der Waals surface area (Å²) in [4.78, 5) is 4.43. The summed E-state index contributed by atoms with van der Waals surface area (Å²) in [5, 5.41) is 11.6. The van der Waals surface area contributed by atoms with Gasteiger partial charge in [-0.05, 0) is 44.5 Å². The van der Waals surface area contributed by atoms with E-state index in [2.05, 4.69) is 39.7 Å². The molecule has 0 aromatic carbocycles. The molecule has 0 aliphatic heterocycles. The topological polar surface area (TPSA) is 55.6 Å². The quantitative estimate of drug-likeness (QED) is 0.891. The number of aromatic nitrogens is 4. The fraction of sp³-hybridized carbons (Fsp3) is 0.500. The summed E-state index contributed by atoms with van der Waals surface area (Å²) in [6.07, 6.45) is 2.91. The van der Waals surface area contributed by atoms with Crippen LogP contribution < -0.4 is 5.32 Å². The molecule has 1 atom stereocenters. The lowest BCUT2D eigenvalue weighted by Crippen LogP contribution is -2.25. The van der Waals surface area contributed by atoms with Crippen LogP contribution in [0.15, 0.2) is 18.3 Å². The normalized spacial score (nSPS) is 12.6. The molecule has 0 aliphatic rings. The number of hydrogen-bond donors (Lipinski definition) is 1. The Morgan fingerprint density at radius 3 is 2.47 bits per heavy atom. The second-order valence-electron chi connectivity index (χ2n) is 4.85. The van der Waals surface area contributed by atoms with Gasteiger partial charge in [0, 0.05) is 18.4 Å². The van der Waals surface area contributed by atoms with Crippen LogP contribution >= 0.6 is 0 Å². The highest BCUT2D eigenvalue weighted by molar-refractivity contribution is 5.29. The van der Waals surface area contributed by atoms with Crippen molar-refractivity contribution in [3.63, 3.8) is 0 Å². The maximum absolute atomic E-state index is 4.43. The Labute approximate surface area is 114 Å². The number of hydrogen-bond acceptors (Lipinski definition) is 4.